The van der Waals surface area contributed by atoms with Gasteiger partial charge in [0.1, 0.15) is 5.75 Å². The Morgan fingerprint density at radius 2 is 1.80 bits per heavy atom. The van der Waals surface area contributed by atoms with Gasteiger partial charge in [0.25, 0.3) is 0 Å². The van der Waals surface area contributed by atoms with Crippen LogP contribution in [0.25, 0.3) is 11.1 Å². The zero-order valence-corrected chi connectivity index (χ0v) is 11.2. The average molecular weight is 279 g/mol. The predicted molar refractivity (Wildman–Crippen MR) is 72.1 cm³/mol. The van der Waals surface area contributed by atoms with Gasteiger partial charge in [-0.1, -0.05) is 26.0 Å². The maximum atomic E-state index is 12.2. The highest BCUT2D eigenvalue weighted by Gasteiger charge is 2.10. The molecule has 0 fully saturated rings. The molecule has 20 heavy (non-hydrogen) atoms. The Bertz CT molecular complexity index is 600. The van der Waals surface area contributed by atoms with Crippen LogP contribution in [0.15, 0.2) is 36.5 Å². The third-order valence-electron chi connectivity index (χ3n) is 2.93. The molecule has 0 radical (unpaired) electrons. The summed E-state index contributed by atoms with van der Waals surface area (Å²) in [5, 5.41) is 9.97. The molecule has 1 N–H and O–H groups in total. The summed E-state index contributed by atoms with van der Waals surface area (Å²) in [6.45, 7) is 1.06. The molecule has 0 amide bonds. The van der Waals surface area contributed by atoms with Crippen molar-refractivity contribution in [2.45, 2.75) is 26.4 Å². The number of hydrogen-bond acceptors (Lipinski definition) is 3. The molecular formula is C15H15F2NO2. The third-order valence-corrected chi connectivity index (χ3v) is 2.93. The lowest BCUT2D eigenvalue weighted by molar-refractivity contribution is -0.0528. The van der Waals surface area contributed by atoms with Crippen LogP contribution in [0.3, 0.4) is 0 Å². The summed E-state index contributed by atoms with van der Waals surface area (Å²) in [6, 6.07) is 8.34. The minimum absolute atomic E-state index is 0.148. The maximum Gasteiger partial charge on any atom is 0.388 e. The minimum atomic E-state index is -2.91. The molecule has 0 atom stereocenters. The summed E-state index contributed by atoms with van der Waals surface area (Å²) in [4.78, 5) is 3.71. The quantitative estimate of drug-likeness (QED) is 0.913. The number of aromatic hydroxyl groups is 1. The molecule has 1 heterocycles. The van der Waals surface area contributed by atoms with Crippen LogP contribution in [0.2, 0.25) is 0 Å². The maximum absolute atomic E-state index is 12.2. The summed E-state index contributed by atoms with van der Waals surface area (Å²) < 4.78 is 28.6. The van der Waals surface area contributed by atoms with Crippen LogP contribution in [0.5, 0.6) is 11.6 Å². The van der Waals surface area contributed by atoms with Gasteiger partial charge < -0.3 is 9.84 Å². The van der Waals surface area contributed by atoms with Crippen LogP contribution in [-0.2, 0) is 0 Å². The Morgan fingerprint density at radius 1 is 1.10 bits per heavy atom. The van der Waals surface area contributed by atoms with Crippen LogP contribution in [0.1, 0.15) is 25.3 Å². The van der Waals surface area contributed by atoms with Gasteiger partial charge in [0.2, 0.25) is 5.88 Å². The topological polar surface area (TPSA) is 42.4 Å². The van der Waals surface area contributed by atoms with E-state index in [0.29, 0.717) is 11.1 Å². The van der Waals surface area contributed by atoms with E-state index < -0.39 is 6.61 Å². The molecule has 0 aliphatic carbocycles. The molecule has 2 rings (SSSR count). The van der Waals surface area contributed by atoms with Crippen molar-refractivity contribution in [3.8, 4) is 22.8 Å². The molecule has 0 saturated heterocycles. The highest BCUT2D eigenvalue weighted by Crippen LogP contribution is 2.31. The van der Waals surface area contributed by atoms with Gasteiger partial charge in [-0.2, -0.15) is 8.78 Å². The van der Waals surface area contributed by atoms with E-state index in [1.54, 1.807) is 12.1 Å². The number of halogens is 2. The number of phenols is 1. The standard InChI is InChI=1S/C15H15F2NO2/c1-9(2)12-4-3-10(7-13(12)19)11-5-6-18-14(8-11)20-15(16)17/h3-9,15,19H,1-2H3. The van der Waals surface area contributed by atoms with Gasteiger partial charge in [0.05, 0.1) is 0 Å². The van der Waals surface area contributed by atoms with Crippen molar-refractivity contribution in [1.82, 2.24) is 4.98 Å². The molecule has 106 valence electrons. The van der Waals surface area contributed by atoms with Gasteiger partial charge in [-0.05, 0) is 34.7 Å². The Labute approximate surface area is 115 Å². The zero-order chi connectivity index (χ0) is 14.7. The lowest BCUT2D eigenvalue weighted by atomic mass is 9.98. The van der Waals surface area contributed by atoms with Gasteiger partial charge in [-0.25, -0.2) is 4.98 Å². The second-order valence-corrected chi connectivity index (χ2v) is 4.69. The van der Waals surface area contributed by atoms with E-state index >= 15 is 0 Å². The predicted octanol–water partition coefficient (Wildman–Crippen LogP) is 4.18. The Kier molecular flexibility index (Phi) is 4.17. The van der Waals surface area contributed by atoms with Crippen molar-refractivity contribution in [2.75, 3.05) is 0 Å². The van der Waals surface area contributed by atoms with Gasteiger partial charge in [-0.3, -0.25) is 0 Å². The van der Waals surface area contributed by atoms with Crippen LogP contribution in [0, 0.1) is 0 Å². The van der Waals surface area contributed by atoms with E-state index in [-0.39, 0.29) is 17.5 Å². The third kappa shape index (κ3) is 3.23. The van der Waals surface area contributed by atoms with Crippen molar-refractivity contribution >= 4 is 0 Å². The molecule has 1 aromatic heterocycles. The van der Waals surface area contributed by atoms with Crippen molar-refractivity contribution in [1.29, 1.82) is 0 Å². The van der Waals surface area contributed by atoms with Gasteiger partial charge in [-0.15, -0.1) is 0 Å². The van der Waals surface area contributed by atoms with Gasteiger partial charge in [0.15, 0.2) is 0 Å². The number of nitrogens with zero attached hydrogens (tertiary/aromatic N) is 1. The van der Waals surface area contributed by atoms with Crippen molar-refractivity contribution in [3.63, 3.8) is 0 Å². The first-order valence-electron chi connectivity index (χ1n) is 6.21. The minimum Gasteiger partial charge on any atom is -0.508 e. The summed E-state index contributed by atoms with van der Waals surface area (Å²) in [7, 11) is 0. The molecular weight excluding hydrogens is 264 g/mol. The second kappa shape index (κ2) is 5.86. The van der Waals surface area contributed by atoms with E-state index in [9.17, 15) is 13.9 Å². The Morgan fingerprint density at radius 3 is 2.40 bits per heavy atom. The van der Waals surface area contributed by atoms with E-state index in [1.807, 2.05) is 26.0 Å². The van der Waals surface area contributed by atoms with Crippen LogP contribution in [-0.4, -0.2) is 16.7 Å². The smallest absolute Gasteiger partial charge is 0.388 e. The molecule has 2 aromatic rings. The van der Waals surface area contributed by atoms with E-state index in [0.717, 1.165) is 5.56 Å². The fraction of sp³-hybridized carbons (Fsp3) is 0.267. The van der Waals surface area contributed by atoms with Crippen molar-refractivity contribution < 1.29 is 18.6 Å². The first-order chi connectivity index (χ1) is 9.47. The molecule has 3 nitrogen and oxygen atoms in total. The molecule has 0 aliphatic heterocycles. The number of aromatic nitrogens is 1. The largest absolute Gasteiger partial charge is 0.508 e. The number of ether oxygens (including phenoxy) is 1. The van der Waals surface area contributed by atoms with Gasteiger partial charge >= 0.3 is 6.61 Å². The van der Waals surface area contributed by atoms with Crippen LogP contribution < -0.4 is 4.74 Å². The van der Waals surface area contributed by atoms with E-state index in [4.69, 9.17) is 0 Å². The lowest BCUT2D eigenvalue weighted by Gasteiger charge is -2.11. The molecule has 0 aliphatic rings. The number of alkyl halides is 2. The normalized spacial score (nSPS) is 11.1. The van der Waals surface area contributed by atoms with E-state index in [2.05, 4.69) is 9.72 Å². The summed E-state index contributed by atoms with van der Waals surface area (Å²) in [5.74, 6) is 0.245. The number of rotatable bonds is 4. The average Bonchev–Trinajstić information content (AvgIpc) is 2.37. The number of hydrogen-bond donors (Lipinski definition) is 1. The summed E-state index contributed by atoms with van der Waals surface area (Å²) in [5.41, 5.74) is 2.21. The molecule has 0 bridgehead atoms. The fourth-order valence-electron chi connectivity index (χ4n) is 1.96. The molecule has 0 spiro atoms. The summed E-state index contributed by atoms with van der Waals surface area (Å²) in [6.07, 6.45) is 1.39. The molecule has 1 aromatic carbocycles. The van der Waals surface area contributed by atoms with Crippen molar-refractivity contribution in [3.05, 3.63) is 42.1 Å². The van der Waals surface area contributed by atoms with Crippen LogP contribution >= 0.6 is 0 Å². The molecule has 0 saturated carbocycles. The highest BCUT2D eigenvalue weighted by molar-refractivity contribution is 5.66. The zero-order valence-electron chi connectivity index (χ0n) is 11.2. The van der Waals surface area contributed by atoms with E-state index in [1.165, 1.54) is 12.3 Å². The first-order valence-corrected chi connectivity index (χ1v) is 6.21. The molecule has 0 unspecified atom stereocenters. The number of pyridine rings is 1. The van der Waals surface area contributed by atoms with Crippen LogP contribution in [0.4, 0.5) is 8.78 Å². The SMILES string of the molecule is CC(C)c1ccc(-c2ccnc(OC(F)F)c2)cc1O. The fourth-order valence-corrected chi connectivity index (χ4v) is 1.96. The highest BCUT2D eigenvalue weighted by atomic mass is 19.3. The monoisotopic (exact) mass is 279 g/mol. The number of phenolic OH excluding ortho intramolecular Hbond substituents is 1. The second-order valence-electron chi connectivity index (χ2n) is 4.69. The van der Waals surface area contributed by atoms with Crippen molar-refractivity contribution in [2.24, 2.45) is 0 Å². The molecule has 5 heteroatoms. The number of benzene rings is 1. The Hall–Kier alpha value is -2.17. The Balaban J connectivity index is 2.34. The summed E-state index contributed by atoms with van der Waals surface area (Å²) >= 11 is 0. The lowest BCUT2D eigenvalue weighted by Crippen LogP contribution is -2.03. The first kappa shape index (κ1) is 14.2. The van der Waals surface area contributed by atoms with Gasteiger partial charge in [0, 0.05) is 12.3 Å².